The number of nitrogens with zero attached hydrogens (tertiary/aromatic N) is 1. The summed E-state index contributed by atoms with van der Waals surface area (Å²) in [5.41, 5.74) is 1.24. The molecule has 2 rings (SSSR count). The average Bonchev–Trinajstić information content (AvgIpc) is 2.45. The van der Waals surface area contributed by atoms with Gasteiger partial charge in [0.25, 0.3) is 0 Å². The zero-order valence-electron chi connectivity index (χ0n) is 12.8. The fourth-order valence-corrected chi connectivity index (χ4v) is 3.90. The minimum atomic E-state index is 0.190. The molecule has 0 spiro atoms. The zero-order valence-corrected chi connectivity index (χ0v) is 13.6. The zero-order chi connectivity index (χ0) is 14.4. The Bertz CT molecular complexity index is 405. The van der Waals surface area contributed by atoms with Gasteiger partial charge < -0.3 is 10.1 Å². The molecular formula is C16H26N2OS. The van der Waals surface area contributed by atoms with E-state index >= 15 is 0 Å². The average molecular weight is 294 g/mol. The van der Waals surface area contributed by atoms with Gasteiger partial charge in [-0.3, -0.25) is 4.98 Å². The van der Waals surface area contributed by atoms with Crippen molar-refractivity contribution in [1.82, 2.24) is 10.3 Å². The van der Waals surface area contributed by atoms with Crippen molar-refractivity contribution < 1.29 is 4.74 Å². The van der Waals surface area contributed by atoms with E-state index in [0.717, 1.165) is 11.7 Å². The van der Waals surface area contributed by atoms with Gasteiger partial charge in [0.2, 0.25) is 0 Å². The summed E-state index contributed by atoms with van der Waals surface area (Å²) in [5.74, 6) is 4.34. The van der Waals surface area contributed by atoms with Crippen LogP contribution >= 0.6 is 11.8 Å². The normalized spacial score (nSPS) is 18.2. The van der Waals surface area contributed by atoms with Gasteiger partial charge in [0.05, 0.1) is 12.3 Å². The van der Waals surface area contributed by atoms with Crippen LogP contribution in [0.15, 0.2) is 18.5 Å². The van der Waals surface area contributed by atoms with Crippen LogP contribution in [0.3, 0.4) is 0 Å². The van der Waals surface area contributed by atoms with Crippen LogP contribution in [-0.4, -0.2) is 29.6 Å². The molecule has 112 valence electrons. The molecule has 1 aromatic heterocycles. The monoisotopic (exact) mass is 294 g/mol. The molecule has 1 fully saturated rings. The maximum atomic E-state index is 5.75. The van der Waals surface area contributed by atoms with Crippen molar-refractivity contribution in [2.75, 3.05) is 18.6 Å². The maximum Gasteiger partial charge on any atom is 0.138 e. The van der Waals surface area contributed by atoms with Crippen molar-refractivity contribution in [2.45, 2.75) is 45.3 Å². The highest BCUT2D eigenvalue weighted by Gasteiger charge is 2.20. The number of hydrogen-bond acceptors (Lipinski definition) is 4. The lowest BCUT2D eigenvalue weighted by atomic mass is 9.91. The predicted molar refractivity (Wildman–Crippen MR) is 86.5 cm³/mol. The van der Waals surface area contributed by atoms with Crippen molar-refractivity contribution in [3.8, 4) is 5.75 Å². The van der Waals surface area contributed by atoms with Crippen LogP contribution < -0.4 is 10.1 Å². The number of aromatic nitrogens is 1. The van der Waals surface area contributed by atoms with E-state index in [1.54, 1.807) is 6.20 Å². The molecule has 2 heterocycles. The molecule has 1 aliphatic rings. The quantitative estimate of drug-likeness (QED) is 0.868. The first-order chi connectivity index (χ1) is 9.69. The fourth-order valence-electron chi connectivity index (χ4n) is 2.70. The van der Waals surface area contributed by atoms with E-state index in [9.17, 15) is 0 Å². The SMILES string of the molecule is CNC(CC1CCSCC1)c1cncc(OC(C)C)c1. The third kappa shape index (κ3) is 4.67. The molecule has 20 heavy (non-hydrogen) atoms. The van der Waals surface area contributed by atoms with Gasteiger partial charge >= 0.3 is 0 Å². The Morgan fingerprint density at radius 1 is 1.35 bits per heavy atom. The molecule has 0 amide bonds. The Morgan fingerprint density at radius 2 is 2.10 bits per heavy atom. The molecule has 1 atom stereocenters. The number of thioether (sulfide) groups is 1. The molecule has 1 saturated heterocycles. The second-order valence-corrected chi connectivity index (χ2v) is 6.98. The summed E-state index contributed by atoms with van der Waals surface area (Å²) in [6.45, 7) is 4.09. The van der Waals surface area contributed by atoms with Gasteiger partial charge in [0, 0.05) is 12.2 Å². The van der Waals surface area contributed by atoms with Gasteiger partial charge in [0.15, 0.2) is 0 Å². The van der Waals surface area contributed by atoms with Crippen molar-refractivity contribution in [2.24, 2.45) is 5.92 Å². The molecule has 0 aromatic carbocycles. The molecule has 0 bridgehead atoms. The first-order valence-electron chi connectivity index (χ1n) is 7.55. The molecule has 1 aliphatic heterocycles. The van der Waals surface area contributed by atoms with E-state index in [1.165, 1.54) is 36.3 Å². The highest BCUT2D eigenvalue weighted by atomic mass is 32.2. The Kier molecular flexibility index (Phi) is 6.17. The van der Waals surface area contributed by atoms with E-state index in [-0.39, 0.29) is 6.10 Å². The largest absolute Gasteiger partial charge is 0.489 e. The van der Waals surface area contributed by atoms with Gasteiger partial charge in [-0.2, -0.15) is 11.8 Å². The van der Waals surface area contributed by atoms with E-state index in [1.807, 2.05) is 27.1 Å². The topological polar surface area (TPSA) is 34.2 Å². The lowest BCUT2D eigenvalue weighted by Gasteiger charge is -2.26. The first kappa shape index (κ1) is 15.6. The Labute approximate surface area is 126 Å². The molecule has 1 N–H and O–H groups in total. The summed E-state index contributed by atoms with van der Waals surface area (Å²) >= 11 is 2.09. The maximum absolute atomic E-state index is 5.75. The molecule has 0 radical (unpaired) electrons. The van der Waals surface area contributed by atoms with Crippen LogP contribution in [-0.2, 0) is 0 Å². The van der Waals surface area contributed by atoms with Gasteiger partial charge in [-0.25, -0.2) is 0 Å². The van der Waals surface area contributed by atoms with Crippen molar-refractivity contribution in [3.05, 3.63) is 24.0 Å². The minimum Gasteiger partial charge on any atom is -0.489 e. The summed E-state index contributed by atoms with van der Waals surface area (Å²) in [6, 6.07) is 2.51. The van der Waals surface area contributed by atoms with Gasteiger partial charge in [-0.1, -0.05) is 0 Å². The van der Waals surface area contributed by atoms with Gasteiger partial charge in [-0.05, 0) is 69.2 Å². The second-order valence-electron chi connectivity index (χ2n) is 5.75. The number of rotatable bonds is 6. The number of nitrogens with one attached hydrogen (secondary N) is 1. The van der Waals surface area contributed by atoms with Crippen molar-refractivity contribution in [3.63, 3.8) is 0 Å². The predicted octanol–water partition coefficient (Wildman–Crippen LogP) is 3.66. The fraction of sp³-hybridized carbons (Fsp3) is 0.688. The van der Waals surface area contributed by atoms with E-state index in [4.69, 9.17) is 4.74 Å². The highest BCUT2D eigenvalue weighted by Crippen LogP contribution is 2.31. The third-order valence-electron chi connectivity index (χ3n) is 3.77. The minimum absolute atomic E-state index is 0.190. The van der Waals surface area contributed by atoms with Crippen LogP contribution in [0.4, 0.5) is 0 Å². The summed E-state index contributed by atoms with van der Waals surface area (Å²) in [6.07, 6.45) is 7.84. The first-order valence-corrected chi connectivity index (χ1v) is 8.71. The lowest BCUT2D eigenvalue weighted by molar-refractivity contribution is 0.241. The second kappa shape index (κ2) is 7.89. The Morgan fingerprint density at radius 3 is 2.75 bits per heavy atom. The van der Waals surface area contributed by atoms with Crippen molar-refractivity contribution in [1.29, 1.82) is 0 Å². The summed E-state index contributed by atoms with van der Waals surface area (Å²) < 4.78 is 5.75. The Hall–Kier alpha value is -0.740. The van der Waals surface area contributed by atoms with Crippen molar-refractivity contribution >= 4 is 11.8 Å². The summed E-state index contributed by atoms with van der Waals surface area (Å²) in [4.78, 5) is 4.33. The lowest BCUT2D eigenvalue weighted by Crippen LogP contribution is -2.22. The van der Waals surface area contributed by atoms with Crippen LogP contribution in [0.5, 0.6) is 5.75 Å². The number of pyridine rings is 1. The molecule has 1 aromatic rings. The number of hydrogen-bond donors (Lipinski definition) is 1. The van der Waals surface area contributed by atoms with Crippen LogP contribution in [0.1, 0.15) is 44.7 Å². The van der Waals surface area contributed by atoms with Gasteiger partial charge in [-0.15, -0.1) is 0 Å². The molecular weight excluding hydrogens is 268 g/mol. The molecule has 3 nitrogen and oxygen atoms in total. The summed E-state index contributed by atoms with van der Waals surface area (Å²) in [7, 11) is 2.04. The number of ether oxygens (including phenoxy) is 1. The standard InChI is InChI=1S/C16H26N2OS/c1-12(2)19-15-9-14(10-18-11-15)16(17-3)8-13-4-6-20-7-5-13/h9-13,16-17H,4-8H2,1-3H3. The van der Waals surface area contributed by atoms with Crippen LogP contribution in [0.25, 0.3) is 0 Å². The van der Waals surface area contributed by atoms with E-state index in [2.05, 4.69) is 28.1 Å². The molecule has 0 saturated carbocycles. The van der Waals surface area contributed by atoms with Crippen LogP contribution in [0, 0.1) is 5.92 Å². The molecule has 4 heteroatoms. The molecule has 1 unspecified atom stereocenters. The smallest absolute Gasteiger partial charge is 0.138 e. The van der Waals surface area contributed by atoms with Gasteiger partial charge in [0.1, 0.15) is 5.75 Å². The van der Waals surface area contributed by atoms with E-state index in [0.29, 0.717) is 6.04 Å². The van der Waals surface area contributed by atoms with E-state index < -0.39 is 0 Å². The Balaban J connectivity index is 2.02. The highest BCUT2D eigenvalue weighted by molar-refractivity contribution is 7.99. The third-order valence-corrected chi connectivity index (χ3v) is 4.82. The molecule has 0 aliphatic carbocycles. The van der Waals surface area contributed by atoms with Crippen LogP contribution in [0.2, 0.25) is 0 Å². The summed E-state index contributed by atoms with van der Waals surface area (Å²) in [5, 5.41) is 3.44.